The number of amides is 4. The van der Waals surface area contributed by atoms with Crippen molar-refractivity contribution in [3.05, 3.63) is 29.8 Å². The molecule has 2 aliphatic heterocycles. The summed E-state index contributed by atoms with van der Waals surface area (Å²) in [6.07, 6.45) is 0.631. The zero-order chi connectivity index (χ0) is 23.3. The van der Waals surface area contributed by atoms with Crippen LogP contribution in [-0.2, 0) is 20.9 Å². The summed E-state index contributed by atoms with van der Waals surface area (Å²) in [7, 11) is 1.43. The number of phenols is 1. The topological polar surface area (TPSA) is 123 Å². The smallest absolute Gasteiger partial charge is 0.315 e. The van der Waals surface area contributed by atoms with Crippen LogP contribution in [0.4, 0.5) is 4.79 Å². The van der Waals surface area contributed by atoms with Gasteiger partial charge in [-0.2, -0.15) is 0 Å². The van der Waals surface area contributed by atoms with Gasteiger partial charge in [-0.05, 0) is 38.0 Å². The lowest BCUT2D eigenvalue weighted by Crippen LogP contribution is -2.52. The Bertz CT molecular complexity index is 833. The third-order valence-electron chi connectivity index (χ3n) is 5.59. The fourth-order valence-electron chi connectivity index (χ4n) is 4.38. The largest absolute Gasteiger partial charge is 0.508 e. The number of urea groups is 1. The first-order valence-electron chi connectivity index (χ1n) is 10.9. The summed E-state index contributed by atoms with van der Waals surface area (Å²) in [6.45, 7) is 5.51. The van der Waals surface area contributed by atoms with Crippen molar-refractivity contribution in [3.63, 3.8) is 0 Å². The molecule has 1 aromatic rings. The van der Waals surface area contributed by atoms with E-state index in [0.29, 0.717) is 32.6 Å². The molecule has 3 atom stereocenters. The number of hydrogen-bond acceptors (Lipinski definition) is 6. The van der Waals surface area contributed by atoms with E-state index in [1.807, 2.05) is 19.9 Å². The van der Waals surface area contributed by atoms with Gasteiger partial charge in [-0.3, -0.25) is 14.5 Å². The average Bonchev–Trinajstić information content (AvgIpc) is 3.03. The van der Waals surface area contributed by atoms with E-state index in [1.54, 1.807) is 23.1 Å². The van der Waals surface area contributed by atoms with Gasteiger partial charge in [-0.25, -0.2) is 4.79 Å². The van der Waals surface area contributed by atoms with E-state index in [0.717, 1.165) is 5.56 Å². The van der Waals surface area contributed by atoms with Gasteiger partial charge in [0.2, 0.25) is 11.8 Å². The maximum absolute atomic E-state index is 13.3. The van der Waals surface area contributed by atoms with Gasteiger partial charge in [0.15, 0.2) is 0 Å². The van der Waals surface area contributed by atoms with Gasteiger partial charge in [-0.15, -0.1) is 0 Å². The Kier molecular flexibility index (Phi) is 7.92. The molecule has 0 saturated carbocycles. The second-order valence-electron chi connectivity index (χ2n) is 8.77. The Labute approximate surface area is 188 Å². The Morgan fingerprint density at radius 1 is 1.22 bits per heavy atom. The van der Waals surface area contributed by atoms with Crippen LogP contribution in [-0.4, -0.2) is 90.3 Å². The van der Waals surface area contributed by atoms with Gasteiger partial charge >= 0.3 is 6.03 Å². The third-order valence-corrected chi connectivity index (χ3v) is 5.59. The highest BCUT2D eigenvalue weighted by molar-refractivity contribution is 5.89. The second kappa shape index (κ2) is 10.6. The van der Waals surface area contributed by atoms with Crippen molar-refractivity contribution in [2.45, 2.75) is 51.0 Å². The molecule has 0 spiro atoms. The maximum Gasteiger partial charge on any atom is 0.315 e. The summed E-state index contributed by atoms with van der Waals surface area (Å²) in [4.78, 5) is 41.5. The second-order valence-corrected chi connectivity index (χ2v) is 8.77. The molecule has 2 saturated heterocycles. The molecule has 0 aliphatic carbocycles. The molecule has 2 fully saturated rings. The molecule has 0 bridgehead atoms. The fourth-order valence-corrected chi connectivity index (χ4v) is 4.38. The number of nitrogens with zero attached hydrogens (tertiary/aromatic N) is 2. The number of methoxy groups -OCH3 is 1. The zero-order valence-electron chi connectivity index (χ0n) is 18.8. The summed E-state index contributed by atoms with van der Waals surface area (Å²) in [5.74, 6) is -0.334. The van der Waals surface area contributed by atoms with Crippen molar-refractivity contribution in [1.82, 2.24) is 25.8 Å². The molecule has 0 aromatic heterocycles. The molecule has 4 N–H and O–H groups in total. The quantitative estimate of drug-likeness (QED) is 0.467. The summed E-state index contributed by atoms with van der Waals surface area (Å²) in [5.41, 5.74) is 0.914. The highest BCUT2D eigenvalue weighted by Gasteiger charge is 2.42. The van der Waals surface area contributed by atoms with Crippen LogP contribution in [0, 0.1) is 0 Å². The monoisotopic (exact) mass is 447 g/mol. The molecule has 0 unspecified atom stereocenters. The molecule has 0 radical (unpaired) electrons. The first-order chi connectivity index (χ1) is 15.2. The number of fused-ring (bicyclic) bond motifs is 1. The van der Waals surface area contributed by atoms with Crippen LogP contribution in [0.1, 0.15) is 25.8 Å². The van der Waals surface area contributed by atoms with Crippen molar-refractivity contribution < 1.29 is 24.2 Å². The lowest BCUT2D eigenvalue weighted by molar-refractivity contribution is -0.137. The van der Waals surface area contributed by atoms with Gasteiger partial charge < -0.3 is 30.7 Å². The Morgan fingerprint density at radius 2 is 2.00 bits per heavy atom. The lowest BCUT2D eigenvalue weighted by Gasteiger charge is -2.25. The van der Waals surface area contributed by atoms with Gasteiger partial charge in [0, 0.05) is 45.4 Å². The van der Waals surface area contributed by atoms with Crippen LogP contribution < -0.4 is 16.0 Å². The number of benzene rings is 1. The first-order valence-corrected chi connectivity index (χ1v) is 10.9. The van der Waals surface area contributed by atoms with Crippen molar-refractivity contribution in [3.8, 4) is 5.75 Å². The van der Waals surface area contributed by atoms with E-state index >= 15 is 0 Å². The van der Waals surface area contributed by atoms with Gasteiger partial charge in [-0.1, -0.05) is 12.1 Å². The number of ether oxygens (including phenoxy) is 1. The molecule has 1 aromatic carbocycles. The molecular formula is C22H33N5O5. The SMILES string of the molecule is COCC(=O)N[C@H]1CN(Cc2cccc(O)c2)C[C@@H]2C[C@H](NC(=O)NC(C)C)CN2C1=O. The number of nitrogens with one attached hydrogen (secondary N) is 3. The summed E-state index contributed by atoms with van der Waals surface area (Å²) >= 11 is 0. The average molecular weight is 448 g/mol. The normalized spacial score (nSPS) is 23.6. The molecule has 10 heteroatoms. The highest BCUT2D eigenvalue weighted by atomic mass is 16.5. The number of rotatable bonds is 7. The summed E-state index contributed by atoms with van der Waals surface area (Å²) < 4.78 is 4.89. The van der Waals surface area contributed by atoms with Gasteiger partial charge in [0.05, 0.1) is 6.04 Å². The molecule has 176 valence electrons. The summed E-state index contributed by atoms with van der Waals surface area (Å²) in [6, 6.07) is 5.78. The molecule has 3 rings (SSSR count). The van der Waals surface area contributed by atoms with E-state index in [1.165, 1.54) is 7.11 Å². The highest BCUT2D eigenvalue weighted by Crippen LogP contribution is 2.25. The molecule has 4 amide bonds. The van der Waals surface area contributed by atoms with E-state index < -0.39 is 6.04 Å². The molecule has 32 heavy (non-hydrogen) atoms. The minimum atomic E-state index is -0.719. The minimum Gasteiger partial charge on any atom is -0.508 e. The lowest BCUT2D eigenvalue weighted by atomic mass is 10.1. The van der Waals surface area contributed by atoms with Crippen LogP contribution in [0.3, 0.4) is 0 Å². The van der Waals surface area contributed by atoms with Crippen molar-refractivity contribution in [2.75, 3.05) is 33.4 Å². The van der Waals surface area contributed by atoms with Gasteiger partial charge in [0.1, 0.15) is 18.4 Å². The van der Waals surface area contributed by atoms with Gasteiger partial charge in [0.25, 0.3) is 0 Å². The van der Waals surface area contributed by atoms with Crippen molar-refractivity contribution in [1.29, 1.82) is 0 Å². The van der Waals surface area contributed by atoms with Crippen molar-refractivity contribution in [2.24, 2.45) is 0 Å². The molecule has 2 aliphatic rings. The van der Waals surface area contributed by atoms with Crippen molar-refractivity contribution >= 4 is 17.8 Å². The third kappa shape index (κ3) is 6.33. The molecule has 10 nitrogen and oxygen atoms in total. The van der Waals surface area contributed by atoms with Crippen LogP contribution in [0.5, 0.6) is 5.75 Å². The van der Waals surface area contributed by atoms with Crippen LogP contribution >= 0.6 is 0 Å². The van der Waals surface area contributed by atoms with E-state index in [4.69, 9.17) is 4.74 Å². The number of aromatic hydroxyl groups is 1. The predicted molar refractivity (Wildman–Crippen MR) is 118 cm³/mol. The fraction of sp³-hybridized carbons (Fsp3) is 0.591. The van der Waals surface area contributed by atoms with E-state index in [-0.39, 0.29) is 48.3 Å². The minimum absolute atomic E-state index is 0.0157. The zero-order valence-corrected chi connectivity index (χ0v) is 18.8. The summed E-state index contributed by atoms with van der Waals surface area (Å²) in [5, 5.41) is 18.4. The maximum atomic E-state index is 13.3. The van der Waals surface area contributed by atoms with Crippen LogP contribution in [0.25, 0.3) is 0 Å². The van der Waals surface area contributed by atoms with E-state index in [9.17, 15) is 19.5 Å². The standard InChI is InChI=1S/C22H33N5O5/c1-14(2)23-22(31)24-16-8-17-11-26(9-15-5-4-6-18(28)7-15)12-19(21(30)27(17)10-16)25-20(29)13-32-3/h4-7,14,16-17,19,28H,8-13H2,1-3H3,(H,25,29)(H2,23,24,31)/t16-,17-,19-/m0/s1. The Hall–Kier alpha value is -2.85. The molecule has 2 heterocycles. The van der Waals surface area contributed by atoms with E-state index in [2.05, 4.69) is 20.9 Å². The first kappa shape index (κ1) is 23.8. The number of hydrogen-bond donors (Lipinski definition) is 4. The van der Waals surface area contributed by atoms with Crippen LogP contribution in [0.2, 0.25) is 0 Å². The predicted octanol–water partition coefficient (Wildman–Crippen LogP) is 0.0161. The number of phenolic OH excluding ortho intramolecular Hbond substituents is 1. The Morgan fingerprint density at radius 3 is 2.69 bits per heavy atom. The molecular weight excluding hydrogens is 414 g/mol. The number of carbonyl (C=O) groups is 3. The number of carbonyl (C=O) groups excluding carboxylic acids is 3. The Balaban J connectivity index is 1.75. The van der Waals surface area contributed by atoms with Crippen LogP contribution in [0.15, 0.2) is 24.3 Å².